The van der Waals surface area contributed by atoms with Crippen LogP contribution in [0.1, 0.15) is 42.9 Å². The minimum atomic E-state index is -0.705. The Labute approximate surface area is 210 Å². The summed E-state index contributed by atoms with van der Waals surface area (Å²) in [6.07, 6.45) is 0. The van der Waals surface area contributed by atoms with Gasteiger partial charge in [0.2, 0.25) is 0 Å². The number of nitrogens with zero attached hydrogens (tertiary/aromatic N) is 1. The number of hydrogen-bond acceptors (Lipinski definition) is 9. The predicted octanol–water partition coefficient (Wildman–Crippen LogP) is 4.66. The van der Waals surface area contributed by atoms with E-state index in [1.807, 2.05) is 0 Å². The lowest BCUT2D eigenvalue weighted by atomic mass is 10.1. The number of rotatable bonds is 9. The highest BCUT2D eigenvalue weighted by molar-refractivity contribution is 7.19. The van der Waals surface area contributed by atoms with E-state index < -0.39 is 22.7 Å². The first-order valence-corrected chi connectivity index (χ1v) is 11.4. The molecule has 1 heterocycles. The summed E-state index contributed by atoms with van der Waals surface area (Å²) in [5.41, 5.74) is 0.585. The van der Waals surface area contributed by atoms with Crippen LogP contribution in [0.3, 0.4) is 0 Å². The third-order valence-electron chi connectivity index (χ3n) is 5.02. The Morgan fingerprint density at radius 1 is 1.00 bits per heavy atom. The predicted molar refractivity (Wildman–Crippen MR) is 134 cm³/mol. The Morgan fingerprint density at radius 3 is 2.36 bits per heavy atom. The van der Waals surface area contributed by atoms with Crippen LogP contribution < -0.4 is 20.1 Å². The van der Waals surface area contributed by atoms with E-state index in [2.05, 4.69) is 10.6 Å². The fourth-order valence-corrected chi connectivity index (χ4v) is 4.39. The number of thiophene rings is 1. The molecule has 3 aromatic rings. The highest BCUT2D eigenvalue weighted by atomic mass is 32.1. The summed E-state index contributed by atoms with van der Waals surface area (Å²) in [6, 6.07) is 10.0. The summed E-state index contributed by atoms with van der Waals surface area (Å²) in [7, 11) is 2.91. The number of ether oxygens (including phenoxy) is 3. The fraction of sp³-hybridized carbons (Fsp3) is 0.208. The van der Waals surface area contributed by atoms with Gasteiger partial charge < -0.3 is 24.8 Å². The standard InChI is InChI=1S/C24H23N3O8S/c1-5-35-24(30)19-13(2)20(22(29)25-15-7-6-8-16(12-15)27(31)32)36-23(19)26-21(28)14-9-10-17(33-3)18(11-14)34-4/h6-12H,5H2,1-4H3,(H,25,29)(H,26,28). The van der Waals surface area contributed by atoms with Gasteiger partial charge in [0.1, 0.15) is 5.00 Å². The molecule has 0 bridgehead atoms. The zero-order chi connectivity index (χ0) is 26.4. The van der Waals surface area contributed by atoms with Gasteiger partial charge in [-0.15, -0.1) is 11.3 Å². The van der Waals surface area contributed by atoms with Gasteiger partial charge in [-0.1, -0.05) is 6.07 Å². The molecule has 12 heteroatoms. The molecule has 36 heavy (non-hydrogen) atoms. The van der Waals surface area contributed by atoms with Crippen molar-refractivity contribution in [2.24, 2.45) is 0 Å². The van der Waals surface area contributed by atoms with Crippen LogP contribution in [-0.4, -0.2) is 43.5 Å². The molecule has 0 atom stereocenters. The van der Waals surface area contributed by atoms with E-state index in [0.29, 0.717) is 17.1 Å². The first-order chi connectivity index (χ1) is 17.2. The molecule has 2 N–H and O–H groups in total. The monoisotopic (exact) mass is 513 g/mol. The summed E-state index contributed by atoms with van der Waals surface area (Å²) in [5, 5.41) is 16.4. The minimum absolute atomic E-state index is 0.0415. The molecular weight excluding hydrogens is 490 g/mol. The SMILES string of the molecule is CCOC(=O)c1c(NC(=O)c2ccc(OC)c(OC)c2)sc(C(=O)Nc2cccc([N+](=O)[O-])c2)c1C. The van der Waals surface area contributed by atoms with E-state index in [-0.39, 0.29) is 39.0 Å². The molecule has 2 amide bonds. The van der Waals surface area contributed by atoms with Gasteiger partial charge >= 0.3 is 5.97 Å². The molecule has 0 fully saturated rings. The van der Waals surface area contributed by atoms with E-state index in [4.69, 9.17) is 14.2 Å². The Balaban J connectivity index is 1.95. The second-order valence-electron chi connectivity index (χ2n) is 7.27. The molecular formula is C24H23N3O8S. The molecule has 0 saturated heterocycles. The average Bonchev–Trinajstić information content (AvgIpc) is 3.19. The Kier molecular flexibility index (Phi) is 8.22. The first-order valence-electron chi connectivity index (χ1n) is 10.6. The van der Waals surface area contributed by atoms with Crippen molar-refractivity contribution in [2.45, 2.75) is 13.8 Å². The summed E-state index contributed by atoms with van der Waals surface area (Å²) >= 11 is 0.884. The van der Waals surface area contributed by atoms with Gasteiger partial charge in [0.25, 0.3) is 17.5 Å². The normalized spacial score (nSPS) is 10.3. The van der Waals surface area contributed by atoms with Crippen LogP contribution in [0.2, 0.25) is 0 Å². The lowest BCUT2D eigenvalue weighted by Crippen LogP contribution is -2.15. The number of methoxy groups -OCH3 is 2. The number of esters is 1. The molecule has 0 spiro atoms. The number of carbonyl (C=O) groups excluding carboxylic acids is 3. The second-order valence-corrected chi connectivity index (χ2v) is 8.29. The van der Waals surface area contributed by atoms with Crippen molar-refractivity contribution in [1.29, 1.82) is 0 Å². The number of nitro groups is 1. The molecule has 0 aliphatic carbocycles. The largest absolute Gasteiger partial charge is 0.493 e. The number of benzene rings is 2. The quantitative estimate of drug-likeness (QED) is 0.239. The molecule has 0 radical (unpaired) electrons. The van der Waals surface area contributed by atoms with Crippen LogP contribution >= 0.6 is 11.3 Å². The first kappa shape index (κ1) is 26.2. The van der Waals surface area contributed by atoms with Crippen LogP contribution in [0.4, 0.5) is 16.4 Å². The molecule has 188 valence electrons. The number of nitrogens with one attached hydrogen (secondary N) is 2. The van der Waals surface area contributed by atoms with Crippen molar-refractivity contribution >= 4 is 45.5 Å². The number of anilines is 2. The van der Waals surface area contributed by atoms with E-state index in [1.54, 1.807) is 19.9 Å². The molecule has 2 aromatic carbocycles. The Hall–Kier alpha value is -4.45. The average molecular weight is 514 g/mol. The number of amides is 2. The van der Waals surface area contributed by atoms with Gasteiger partial charge in [-0.05, 0) is 43.7 Å². The number of carbonyl (C=O) groups is 3. The highest BCUT2D eigenvalue weighted by Gasteiger charge is 2.27. The maximum atomic E-state index is 13.0. The molecule has 3 rings (SSSR count). The van der Waals surface area contributed by atoms with Crippen LogP contribution in [-0.2, 0) is 4.74 Å². The van der Waals surface area contributed by atoms with Crippen molar-refractivity contribution in [3.63, 3.8) is 0 Å². The molecule has 0 saturated carbocycles. The highest BCUT2D eigenvalue weighted by Crippen LogP contribution is 2.35. The minimum Gasteiger partial charge on any atom is -0.493 e. The van der Waals surface area contributed by atoms with E-state index in [1.165, 1.54) is 50.6 Å². The Bertz CT molecular complexity index is 1330. The summed E-state index contributed by atoms with van der Waals surface area (Å²) in [4.78, 5) is 49.3. The number of non-ortho nitro benzene ring substituents is 1. The molecule has 1 aromatic heterocycles. The van der Waals surface area contributed by atoms with E-state index >= 15 is 0 Å². The smallest absolute Gasteiger partial charge is 0.341 e. The maximum absolute atomic E-state index is 13.0. The molecule has 0 aliphatic rings. The topological polar surface area (TPSA) is 146 Å². The summed E-state index contributed by atoms with van der Waals surface area (Å²) in [5.74, 6) is -1.07. The van der Waals surface area contributed by atoms with Crippen LogP contribution in [0.25, 0.3) is 0 Å². The Morgan fingerprint density at radius 2 is 1.72 bits per heavy atom. The molecule has 11 nitrogen and oxygen atoms in total. The van der Waals surface area contributed by atoms with Crippen molar-refractivity contribution in [1.82, 2.24) is 0 Å². The zero-order valence-electron chi connectivity index (χ0n) is 19.9. The summed E-state index contributed by atoms with van der Waals surface area (Å²) < 4.78 is 15.5. The lowest BCUT2D eigenvalue weighted by molar-refractivity contribution is -0.384. The van der Waals surface area contributed by atoms with Crippen molar-refractivity contribution < 1.29 is 33.5 Å². The van der Waals surface area contributed by atoms with Gasteiger partial charge in [0.05, 0.1) is 36.2 Å². The van der Waals surface area contributed by atoms with Gasteiger partial charge in [-0.25, -0.2) is 4.79 Å². The van der Waals surface area contributed by atoms with Crippen molar-refractivity contribution in [3.8, 4) is 11.5 Å². The lowest BCUT2D eigenvalue weighted by Gasteiger charge is -2.10. The second kappa shape index (κ2) is 11.3. The number of nitro benzene ring substituents is 1. The van der Waals surface area contributed by atoms with Gasteiger partial charge in [0.15, 0.2) is 11.5 Å². The van der Waals surface area contributed by atoms with Crippen LogP contribution in [0.5, 0.6) is 11.5 Å². The van der Waals surface area contributed by atoms with Gasteiger partial charge in [-0.3, -0.25) is 19.7 Å². The molecule has 0 unspecified atom stereocenters. The van der Waals surface area contributed by atoms with Crippen molar-refractivity contribution in [2.75, 3.05) is 31.5 Å². The van der Waals surface area contributed by atoms with E-state index in [0.717, 1.165) is 11.3 Å². The summed E-state index contributed by atoms with van der Waals surface area (Å²) in [6.45, 7) is 3.28. The van der Waals surface area contributed by atoms with Crippen LogP contribution in [0.15, 0.2) is 42.5 Å². The molecule has 0 aliphatic heterocycles. The van der Waals surface area contributed by atoms with Gasteiger partial charge in [-0.2, -0.15) is 0 Å². The zero-order valence-corrected chi connectivity index (χ0v) is 20.7. The van der Waals surface area contributed by atoms with Crippen LogP contribution in [0, 0.1) is 17.0 Å². The maximum Gasteiger partial charge on any atom is 0.341 e. The third kappa shape index (κ3) is 5.61. The number of hydrogen-bond donors (Lipinski definition) is 2. The third-order valence-corrected chi connectivity index (χ3v) is 6.23. The van der Waals surface area contributed by atoms with E-state index in [9.17, 15) is 24.5 Å². The fourth-order valence-electron chi connectivity index (χ4n) is 3.31. The van der Waals surface area contributed by atoms with Gasteiger partial charge in [0, 0.05) is 23.4 Å². The van der Waals surface area contributed by atoms with Crippen molar-refractivity contribution in [3.05, 3.63) is 74.1 Å².